The molecule has 1 unspecified atom stereocenters. The fourth-order valence-electron chi connectivity index (χ4n) is 2.45. The second-order valence-electron chi connectivity index (χ2n) is 4.52. The van der Waals surface area contributed by atoms with E-state index in [1.165, 1.54) is 0 Å². The van der Waals surface area contributed by atoms with Crippen molar-refractivity contribution in [3.8, 4) is 11.5 Å². The second-order valence-corrected chi connectivity index (χ2v) is 5.51. The Morgan fingerprint density at radius 2 is 2.16 bits per heavy atom. The first-order valence-electron chi connectivity index (χ1n) is 6.24. The molecule has 0 saturated carbocycles. The van der Waals surface area contributed by atoms with E-state index < -0.39 is 0 Å². The van der Waals surface area contributed by atoms with Crippen LogP contribution in [0.5, 0.6) is 11.5 Å². The summed E-state index contributed by atoms with van der Waals surface area (Å²) in [6, 6.07) is 3.74. The summed E-state index contributed by atoms with van der Waals surface area (Å²) < 4.78 is 10.7. The molecule has 2 rings (SSSR count). The van der Waals surface area contributed by atoms with Gasteiger partial charge in [0.05, 0.1) is 19.9 Å². The number of benzene rings is 1. The van der Waals surface area contributed by atoms with E-state index in [-0.39, 0.29) is 11.8 Å². The van der Waals surface area contributed by atoms with Crippen LogP contribution in [0.4, 0.5) is 5.69 Å². The summed E-state index contributed by atoms with van der Waals surface area (Å²) in [6.45, 7) is 0. The number of anilines is 1. The van der Waals surface area contributed by atoms with E-state index in [0.717, 1.165) is 29.2 Å². The second kappa shape index (κ2) is 6.19. The molecule has 5 heteroatoms. The summed E-state index contributed by atoms with van der Waals surface area (Å²) in [5.41, 5.74) is 1.91. The standard InChI is InChI=1S/C14H19NO3S/c1-17-10-7-11-14(12(8-10)18-2)9(4-5-19-3)6-13(16)15-11/h7-9H,4-6H2,1-3H3,(H,15,16). The number of thioether (sulfide) groups is 1. The van der Waals surface area contributed by atoms with Crippen molar-refractivity contribution in [3.63, 3.8) is 0 Å². The van der Waals surface area contributed by atoms with Crippen LogP contribution in [-0.4, -0.2) is 32.1 Å². The minimum atomic E-state index is 0.0638. The number of methoxy groups -OCH3 is 2. The molecule has 104 valence electrons. The average molecular weight is 281 g/mol. The summed E-state index contributed by atoms with van der Waals surface area (Å²) in [5, 5.41) is 2.91. The molecule has 1 heterocycles. The van der Waals surface area contributed by atoms with E-state index in [1.54, 1.807) is 26.0 Å². The minimum Gasteiger partial charge on any atom is -0.497 e. The molecule has 0 saturated heterocycles. The zero-order chi connectivity index (χ0) is 13.8. The fraction of sp³-hybridized carbons (Fsp3) is 0.500. The molecule has 1 atom stereocenters. The van der Waals surface area contributed by atoms with Crippen molar-refractivity contribution in [1.82, 2.24) is 0 Å². The minimum absolute atomic E-state index is 0.0638. The highest BCUT2D eigenvalue weighted by Gasteiger charge is 2.28. The van der Waals surface area contributed by atoms with Gasteiger partial charge in [-0.15, -0.1) is 0 Å². The monoisotopic (exact) mass is 281 g/mol. The first kappa shape index (κ1) is 14.1. The number of rotatable bonds is 5. The van der Waals surface area contributed by atoms with Gasteiger partial charge in [0.1, 0.15) is 11.5 Å². The van der Waals surface area contributed by atoms with Crippen molar-refractivity contribution in [2.75, 3.05) is 31.5 Å². The van der Waals surface area contributed by atoms with Gasteiger partial charge in [-0.3, -0.25) is 4.79 Å². The van der Waals surface area contributed by atoms with Gasteiger partial charge in [-0.1, -0.05) is 0 Å². The van der Waals surface area contributed by atoms with Gasteiger partial charge in [-0.2, -0.15) is 11.8 Å². The zero-order valence-electron chi connectivity index (χ0n) is 11.5. The van der Waals surface area contributed by atoms with Crippen molar-refractivity contribution in [1.29, 1.82) is 0 Å². The lowest BCUT2D eigenvalue weighted by Crippen LogP contribution is -2.24. The third-order valence-corrected chi connectivity index (χ3v) is 4.00. The molecule has 1 N–H and O–H groups in total. The third-order valence-electron chi connectivity index (χ3n) is 3.36. The van der Waals surface area contributed by atoms with Crippen molar-refractivity contribution in [2.24, 2.45) is 0 Å². The van der Waals surface area contributed by atoms with Gasteiger partial charge in [0.25, 0.3) is 0 Å². The molecule has 1 aromatic rings. The van der Waals surface area contributed by atoms with Gasteiger partial charge in [0, 0.05) is 24.1 Å². The Kier molecular flexibility index (Phi) is 4.58. The lowest BCUT2D eigenvalue weighted by atomic mass is 9.87. The average Bonchev–Trinajstić information content (AvgIpc) is 2.42. The van der Waals surface area contributed by atoms with Crippen molar-refractivity contribution in [2.45, 2.75) is 18.8 Å². The lowest BCUT2D eigenvalue weighted by Gasteiger charge is -2.27. The van der Waals surface area contributed by atoms with Crippen LogP contribution in [-0.2, 0) is 4.79 Å². The summed E-state index contributed by atoms with van der Waals surface area (Å²) in [6.07, 6.45) is 3.58. The van der Waals surface area contributed by atoms with Crippen LogP contribution in [0.3, 0.4) is 0 Å². The Labute approximate surface area is 117 Å². The highest BCUT2D eigenvalue weighted by Crippen LogP contribution is 2.43. The van der Waals surface area contributed by atoms with E-state index in [2.05, 4.69) is 11.6 Å². The third kappa shape index (κ3) is 2.97. The quantitative estimate of drug-likeness (QED) is 0.901. The molecule has 0 bridgehead atoms. The molecule has 19 heavy (non-hydrogen) atoms. The Hall–Kier alpha value is -1.36. The molecule has 1 aromatic carbocycles. The van der Waals surface area contributed by atoms with Crippen LogP contribution in [0, 0.1) is 0 Å². The fourth-order valence-corrected chi connectivity index (χ4v) is 2.97. The topological polar surface area (TPSA) is 47.6 Å². The number of nitrogens with one attached hydrogen (secondary N) is 1. The van der Waals surface area contributed by atoms with Crippen LogP contribution in [0.2, 0.25) is 0 Å². The molecule has 1 amide bonds. The number of hydrogen-bond donors (Lipinski definition) is 1. The predicted molar refractivity (Wildman–Crippen MR) is 78.5 cm³/mol. The van der Waals surface area contributed by atoms with Gasteiger partial charge in [0.15, 0.2) is 0 Å². The van der Waals surface area contributed by atoms with Crippen molar-refractivity contribution >= 4 is 23.4 Å². The van der Waals surface area contributed by atoms with Crippen LogP contribution in [0.1, 0.15) is 24.3 Å². The van der Waals surface area contributed by atoms with Crippen molar-refractivity contribution in [3.05, 3.63) is 17.7 Å². The maximum absolute atomic E-state index is 11.8. The van der Waals surface area contributed by atoms with Crippen LogP contribution in [0.25, 0.3) is 0 Å². The van der Waals surface area contributed by atoms with E-state index in [1.807, 2.05) is 12.1 Å². The van der Waals surface area contributed by atoms with Crippen LogP contribution < -0.4 is 14.8 Å². The Balaban J connectivity index is 2.42. The number of amides is 1. The Bertz CT molecular complexity index is 476. The highest BCUT2D eigenvalue weighted by molar-refractivity contribution is 7.98. The Morgan fingerprint density at radius 1 is 1.37 bits per heavy atom. The molecule has 4 nitrogen and oxygen atoms in total. The maximum Gasteiger partial charge on any atom is 0.225 e. The first-order chi connectivity index (χ1) is 9.19. The summed E-state index contributed by atoms with van der Waals surface area (Å²) in [5.74, 6) is 2.81. The van der Waals surface area contributed by atoms with E-state index in [9.17, 15) is 4.79 Å². The molecule has 1 aliphatic rings. The highest BCUT2D eigenvalue weighted by atomic mass is 32.2. The van der Waals surface area contributed by atoms with Crippen molar-refractivity contribution < 1.29 is 14.3 Å². The first-order valence-corrected chi connectivity index (χ1v) is 7.63. The lowest BCUT2D eigenvalue weighted by molar-refractivity contribution is -0.116. The molecule has 0 aromatic heterocycles. The van der Waals surface area contributed by atoms with E-state index >= 15 is 0 Å². The smallest absolute Gasteiger partial charge is 0.225 e. The van der Waals surface area contributed by atoms with Crippen LogP contribution >= 0.6 is 11.8 Å². The normalized spacial score (nSPS) is 17.6. The van der Waals surface area contributed by atoms with Gasteiger partial charge in [0.2, 0.25) is 5.91 Å². The maximum atomic E-state index is 11.8. The number of carbonyl (C=O) groups excluding carboxylic acids is 1. The predicted octanol–water partition coefficient (Wildman–Crippen LogP) is 2.88. The molecular weight excluding hydrogens is 262 g/mol. The molecule has 1 aliphatic heterocycles. The zero-order valence-corrected chi connectivity index (χ0v) is 12.3. The van der Waals surface area contributed by atoms with Gasteiger partial charge in [-0.25, -0.2) is 0 Å². The molecule has 0 radical (unpaired) electrons. The number of hydrogen-bond acceptors (Lipinski definition) is 4. The summed E-state index contributed by atoms with van der Waals surface area (Å²) in [7, 11) is 3.26. The molecular formula is C14H19NO3S. The largest absolute Gasteiger partial charge is 0.497 e. The van der Waals surface area contributed by atoms with E-state index in [0.29, 0.717) is 12.2 Å². The SMILES string of the molecule is COc1cc2c(c(OC)c1)C(CCSC)CC(=O)N2. The van der Waals surface area contributed by atoms with Gasteiger partial charge >= 0.3 is 0 Å². The van der Waals surface area contributed by atoms with Crippen LogP contribution in [0.15, 0.2) is 12.1 Å². The molecule has 0 aliphatic carbocycles. The molecule has 0 spiro atoms. The number of ether oxygens (including phenoxy) is 2. The summed E-state index contributed by atoms with van der Waals surface area (Å²) in [4.78, 5) is 11.8. The van der Waals surface area contributed by atoms with E-state index in [4.69, 9.17) is 9.47 Å². The number of fused-ring (bicyclic) bond motifs is 1. The number of carbonyl (C=O) groups is 1. The molecule has 0 fully saturated rings. The van der Waals surface area contributed by atoms with Gasteiger partial charge in [-0.05, 0) is 24.3 Å². The van der Waals surface area contributed by atoms with Gasteiger partial charge < -0.3 is 14.8 Å². The summed E-state index contributed by atoms with van der Waals surface area (Å²) >= 11 is 1.80. The Morgan fingerprint density at radius 3 is 2.79 bits per heavy atom.